The lowest BCUT2D eigenvalue weighted by atomic mass is 9.86. The minimum atomic E-state index is 0.139. The summed E-state index contributed by atoms with van der Waals surface area (Å²) >= 11 is 0. The molecule has 6 aromatic rings. The molecule has 39 heavy (non-hydrogen) atoms. The van der Waals surface area contributed by atoms with Crippen molar-refractivity contribution in [2.24, 2.45) is 20.0 Å². The van der Waals surface area contributed by atoms with E-state index in [1.54, 1.807) is 0 Å². The fourth-order valence-corrected chi connectivity index (χ4v) is 6.32. The highest BCUT2D eigenvalue weighted by Gasteiger charge is 2.30. The molecule has 4 aromatic heterocycles. The van der Waals surface area contributed by atoms with Gasteiger partial charge >= 0.3 is 0 Å². The molecule has 1 fully saturated rings. The maximum Gasteiger partial charge on any atom is 0.0960 e. The van der Waals surface area contributed by atoms with Crippen molar-refractivity contribution in [1.82, 2.24) is 34.3 Å². The number of hydrogen-bond acceptors (Lipinski definition) is 5. The molecule has 0 unspecified atom stereocenters. The van der Waals surface area contributed by atoms with Crippen molar-refractivity contribution in [3.05, 3.63) is 84.3 Å². The zero-order valence-electron chi connectivity index (χ0n) is 22.5. The molecule has 1 saturated heterocycles. The van der Waals surface area contributed by atoms with Crippen LogP contribution in [0.1, 0.15) is 30.1 Å². The van der Waals surface area contributed by atoms with E-state index in [0.29, 0.717) is 5.92 Å². The topological polar surface area (TPSA) is 75.6 Å². The van der Waals surface area contributed by atoms with Gasteiger partial charge in [-0.25, -0.2) is 4.68 Å². The zero-order valence-corrected chi connectivity index (χ0v) is 22.5. The normalized spacial score (nSPS) is 15.4. The number of rotatable bonds is 5. The molecule has 0 amide bonds. The predicted molar refractivity (Wildman–Crippen MR) is 152 cm³/mol. The van der Waals surface area contributed by atoms with Crippen LogP contribution in [0.4, 0.5) is 0 Å². The Morgan fingerprint density at radius 2 is 1.69 bits per heavy atom. The highest BCUT2D eigenvalue weighted by atomic mass is 16.5. The molecule has 1 atom stereocenters. The van der Waals surface area contributed by atoms with E-state index in [0.717, 1.165) is 70.7 Å². The molecular formula is C31H31N7O. The van der Waals surface area contributed by atoms with E-state index in [9.17, 15) is 0 Å². The van der Waals surface area contributed by atoms with Crippen molar-refractivity contribution in [3.8, 4) is 22.5 Å². The molecule has 0 bridgehead atoms. The lowest BCUT2D eigenvalue weighted by molar-refractivity contribution is 0.0553. The molecule has 0 spiro atoms. The van der Waals surface area contributed by atoms with E-state index in [1.165, 1.54) is 11.1 Å². The summed E-state index contributed by atoms with van der Waals surface area (Å²) in [7, 11) is 3.92. The van der Waals surface area contributed by atoms with Crippen LogP contribution in [0, 0.1) is 12.8 Å². The Labute approximate surface area is 226 Å². The molecule has 8 nitrogen and oxygen atoms in total. The molecule has 7 rings (SSSR count). The summed E-state index contributed by atoms with van der Waals surface area (Å²) in [4.78, 5) is 5.07. The number of aromatic nitrogens is 7. The van der Waals surface area contributed by atoms with Gasteiger partial charge in [0.1, 0.15) is 0 Å². The maximum absolute atomic E-state index is 5.81. The van der Waals surface area contributed by atoms with Gasteiger partial charge in [0.05, 0.1) is 39.7 Å². The first-order chi connectivity index (χ1) is 19.1. The minimum absolute atomic E-state index is 0.139. The summed E-state index contributed by atoms with van der Waals surface area (Å²) in [5.41, 5.74) is 9.71. The second kappa shape index (κ2) is 9.47. The number of benzene rings is 2. The molecule has 0 N–H and O–H groups in total. The molecule has 0 radical (unpaired) electrons. The van der Waals surface area contributed by atoms with Crippen molar-refractivity contribution in [3.63, 3.8) is 0 Å². The number of aryl methyl sites for hydroxylation is 3. The first-order valence-electron chi connectivity index (χ1n) is 13.5. The average molecular weight is 518 g/mol. The fourth-order valence-electron chi connectivity index (χ4n) is 6.32. The maximum atomic E-state index is 5.81. The number of hydrogen-bond donors (Lipinski definition) is 0. The molecular weight excluding hydrogens is 486 g/mol. The summed E-state index contributed by atoms with van der Waals surface area (Å²) < 4.78 is 12.1. The smallest absolute Gasteiger partial charge is 0.0960 e. The lowest BCUT2D eigenvalue weighted by Gasteiger charge is -2.33. The van der Waals surface area contributed by atoms with Crippen molar-refractivity contribution in [1.29, 1.82) is 0 Å². The van der Waals surface area contributed by atoms with Gasteiger partial charge in [-0.1, -0.05) is 41.6 Å². The van der Waals surface area contributed by atoms with Crippen LogP contribution < -0.4 is 0 Å². The monoisotopic (exact) mass is 517 g/mol. The second-order valence-electron chi connectivity index (χ2n) is 10.5. The van der Waals surface area contributed by atoms with Gasteiger partial charge in [-0.3, -0.25) is 9.67 Å². The Hall–Kier alpha value is -4.30. The van der Waals surface area contributed by atoms with Crippen LogP contribution >= 0.6 is 0 Å². The Kier molecular flexibility index (Phi) is 5.77. The van der Waals surface area contributed by atoms with Crippen LogP contribution in [0.5, 0.6) is 0 Å². The highest BCUT2D eigenvalue weighted by Crippen LogP contribution is 2.42. The average Bonchev–Trinajstić information content (AvgIpc) is 3.64. The largest absolute Gasteiger partial charge is 0.381 e. The standard InChI is InChI=1S/C31H31N7O/c1-20-30(37(3)35-34-20)24-18-28-29(32-19-24)25-10-9-23(26-11-14-33-36(26)2)17-27(25)38(28)31(21-7-5-4-6-8-21)22-12-15-39-16-13-22/h4-11,14,17-19,22,31H,12-13,15-16H2,1-3H3/t31-/m1/s1. The third kappa shape index (κ3) is 3.94. The molecule has 1 aliphatic rings. The zero-order chi connectivity index (χ0) is 26.5. The van der Waals surface area contributed by atoms with Crippen molar-refractivity contribution in [2.75, 3.05) is 13.2 Å². The third-order valence-electron chi connectivity index (χ3n) is 8.16. The van der Waals surface area contributed by atoms with E-state index in [1.807, 2.05) is 42.8 Å². The van der Waals surface area contributed by atoms with Crippen molar-refractivity contribution < 1.29 is 4.74 Å². The third-order valence-corrected chi connectivity index (χ3v) is 8.16. The molecule has 196 valence electrons. The van der Waals surface area contributed by atoms with Crippen LogP contribution in [0.25, 0.3) is 44.5 Å². The van der Waals surface area contributed by atoms with Gasteiger partial charge in [0.2, 0.25) is 0 Å². The molecule has 0 saturated carbocycles. The van der Waals surface area contributed by atoms with Gasteiger partial charge in [-0.2, -0.15) is 5.10 Å². The van der Waals surface area contributed by atoms with Gasteiger partial charge in [0.25, 0.3) is 0 Å². The number of fused-ring (bicyclic) bond motifs is 3. The quantitative estimate of drug-likeness (QED) is 0.293. The lowest BCUT2D eigenvalue weighted by Crippen LogP contribution is -2.26. The molecule has 5 heterocycles. The van der Waals surface area contributed by atoms with Gasteiger partial charge < -0.3 is 9.30 Å². The van der Waals surface area contributed by atoms with E-state index >= 15 is 0 Å². The van der Waals surface area contributed by atoms with Gasteiger partial charge in [0.15, 0.2) is 0 Å². The first kappa shape index (κ1) is 23.8. The van der Waals surface area contributed by atoms with Crippen molar-refractivity contribution >= 4 is 21.9 Å². The predicted octanol–water partition coefficient (Wildman–Crippen LogP) is 5.71. The SMILES string of the molecule is Cc1nnn(C)c1-c1cnc2c3ccc(-c4ccnn4C)cc3n([C@H](c3ccccc3)C3CCOCC3)c2c1. The number of nitrogens with zero attached hydrogens (tertiary/aromatic N) is 7. The number of ether oxygens (including phenoxy) is 1. The summed E-state index contributed by atoms with van der Waals surface area (Å²) in [5.74, 6) is 0.434. The van der Waals surface area contributed by atoms with Gasteiger partial charge in [-0.05, 0) is 55.5 Å². The number of pyridine rings is 1. The highest BCUT2D eigenvalue weighted by molar-refractivity contribution is 6.07. The van der Waals surface area contributed by atoms with Crippen LogP contribution in [0.3, 0.4) is 0 Å². The minimum Gasteiger partial charge on any atom is -0.381 e. The molecule has 1 aliphatic heterocycles. The van der Waals surface area contributed by atoms with Gasteiger partial charge in [-0.15, -0.1) is 5.10 Å². The second-order valence-corrected chi connectivity index (χ2v) is 10.5. The Morgan fingerprint density at radius 1 is 0.897 bits per heavy atom. The summed E-state index contributed by atoms with van der Waals surface area (Å²) in [6.45, 7) is 3.57. The van der Waals surface area contributed by atoms with Crippen LogP contribution in [0.15, 0.2) is 73.1 Å². The fraction of sp³-hybridized carbons (Fsp3) is 0.290. The molecule has 8 heteroatoms. The van der Waals surface area contributed by atoms with E-state index in [2.05, 4.69) is 80.6 Å². The van der Waals surface area contributed by atoms with Crippen molar-refractivity contribution in [2.45, 2.75) is 25.8 Å². The van der Waals surface area contributed by atoms with Gasteiger partial charge in [0, 0.05) is 56.2 Å². The van der Waals surface area contributed by atoms with E-state index in [-0.39, 0.29) is 6.04 Å². The first-order valence-corrected chi connectivity index (χ1v) is 13.5. The van der Waals surface area contributed by atoms with E-state index in [4.69, 9.17) is 9.72 Å². The summed E-state index contributed by atoms with van der Waals surface area (Å²) in [6, 6.07) is 22.1. The molecule has 0 aliphatic carbocycles. The Bertz CT molecular complexity index is 1770. The Balaban J connectivity index is 1.55. The summed E-state index contributed by atoms with van der Waals surface area (Å²) in [6.07, 6.45) is 5.83. The Morgan fingerprint density at radius 3 is 2.41 bits per heavy atom. The van der Waals surface area contributed by atoms with E-state index < -0.39 is 0 Å². The van der Waals surface area contributed by atoms with Crippen LogP contribution in [0.2, 0.25) is 0 Å². The molecule has 2 aromatic carbocycles. The van der Waals surface area contributed by atoms with Crippen LogP contribution in [-0.4, -0.2) is 47.5 Å². The summed E-state index contributed by atoms with van der Waals surface area (Å²) in [5, 5.41) is 14.1. The van der Waals surface area contributed by atoms with Crippen LogP contribution in [-0.2, 0) is 18.8 Å².